The second-order valence-corrected chi connectivity index (χ2v) is 5.97. The molecule has 0 amide bonds. The number of hydrogen-bond donors (Lipinski definition) is 0. The van der Waals surface area contributed by atoms with Crippen LogP contribution < -0.4 is 0 Å². The summed E-state index contributed by atoms with van der Waals surface area (Å²) in [5.74, 6) is 0. The number of aryl methyl sites for hydroxylation is 1. The normalized spacial score (nSPS) is 20.0. The van der Waals surface area contributed by atoms with Crippen LogP contribution in [0.2, 0.25) is 0 Å². The molecule has 0 atom stereocenters. The molecule has 0 saturated heterocycles. The van der Waals surface area contributed by atoms with Gasteiger partial charge < -0.3 is 0 Å². The molecule has 1 aromatic rings. The largest absolute Gasteiger partial charge is 0.0695 e. The summed E-state index contributed by atoms with van der Waals surface area (Å²) >= 11 is 0. The fourth-order valence-corrected chi connectivity index (χ4v) is 2.50. The maximum atomic E-state index is 2.38. The summed E-state index contributed by atoms with van der Waals surface area (Å²) in [4.78, 5) is 0. The van der Waals surface area contributed by atoms with Crippen molar-refractivity contribution in [3.63, 3.8) is 0 Å². The predicted molar refractivity (Wildman–Crippen MR) is 71.4 cm³/mol. The van der Waals surface area contributed by atoms with E-state index in [1.165, 1.54) is 30.4 Å². The molecule has 16 heavy (non-hydrogen) atoms. The molecule has 0 heterocycles. The van der Waals surface area contributed by atoms with Gasteiger partial charge >= 0.3 is 0 Å². The van der Waals surface area contributed by atoms with E-state index in [4.69, 9.17) is 0 Å². The van der Waals surface area contributed by atoms with E-state index in [-0.39, 0.29) is 0 Å². The molecule has 0 aliphatic heterocycles. The average Bonchev–Trinajstić information content (AvgIpc) is 2.23. The third-order valence-electron chi connectivity index (χ3n) is 3.75. The van der Waals surface area contributed by atoms with Gasteiger partial charge in [-0.1, -0.05) is 49.2 Å². The molecule has 0 aromatic heterocycles. The molecule has 1 aromatic carbocycles. The Morgan fingerprint density at radius 3 is 2.25 bits per heavy atom. The summed E-state index contributed by atoms with van der Waals surface area (Å²) in [6.07, 6.45) is 3.81. The van der Waals surface area contributed by atoms with Crippen LogP contribution in [-0.2, 0) is 0 Å². The highest BCUT2D eigenvalue weighted by atomic mass is 14.3. The van der Waals surface area contributed by atoms with E-state index < -0.39 is 0 Å². The molecular formula is C16H22. The van der Waals surface area contributed by atoms with Crippen LogP contribution in [0.1, 0.15) is 51.2 Å². The zero-order valence-corrected chi connectivity index (χ0v) is 10.9. The Bertz CT molecular complexity index is 404. The fraction of sp³-hybridized carbons (Fsp3) is 0.500. The van der Waals surface area contributed by atoms with Gasteiger partial charge in [0.15, 0.2) is 0 Å². The quantitative estimate of drug-likeness (QED) is 0.618. The Kier molecular flexibility index (Phi) is 2.92. The maximum Gasteiger partial charge on any atom is -0.0222 e. The van der Waals surface area contributed by atoms with Crippen LogP contribution in [0.15, 0.2) is 29.8 Å². The number of benzene rings is 1. The van der Waals surface area contributed by atoms with Crippen molar-refractivity contribution < 1.29 is 0 Å². The van der Waals surface area contributed by atoms with Crippen LogP contribution in [0.3, 0.4) is 0 Å². The third-order valence-corrected chi connectivity index (χ3v) is 3.75. The first-order valence-electron chi connectivity index (χ1n) is 6.24. The van der Waals surface area contributed by atoms with Crippen molar-refractivity contribution in [1.29, 1.82) is 0 Å². The second kappa shape index (κ2) is 4.08. The van der Waals surface area contributed by atoms with Crippen LogP contribution >= 0.6 is 0 Å². The van der Waals surface area contributed by atoms with Crippen molar-refractivity contribution in [2.24, 2.45) is 5.41 Å². The lowest BCUT2D eigenvalue weighted by molar-refractivity contribution is 0.332. The molecule has 1 aliphatic carbocycles. The Labute approximate surface area is 99.4 Å². The summed E-state index contributed by atoms with van der Waals surface area (Å²) in [6.45, 7) is 9.21. The first kappa shape index (κ1) is 11.4. The van der Waals surface area contributed by atoms with Crippen molar-refractivity contribution in [2.75, 3.05) is 0 Å². The Hall–Kier alpha value is -1.04. The Balaban J connectivity index is 2.35. The van der Waals surface area contributed by atoms with Crippen LogP contribution in [0.25, 0.3) is 5.57 Å². The standard InChI is InChI=1S/C16H22/c1-12-5-7-14(8-6-12)15-11-16(3,4)10-9-13(15)2/h5-8H,9-11H2,1-4H3. The topological polar surface area (TPSA) is 0 Å². The highest BCUT2D eigenvalue weighted by Crippen LogP contribution is 2.42. The summed E-state index contributed by atoms with van der Waals surface area (Å²) in [5.41, 5.74) is 6.41. The summed E-state index contributed by atoms with van der Waals surface area (Å²) in [6, 6.07) is 8.99. The van der Waals surface area contributed by atoms with E-state index in [1.807, 2.05) is 0 Å². The molecule has 0 radical (unpaired) electrons. The Morgan fingerprint density at radius 1 is 1.00 bits per heavy atom. The van der Waals surface area contributed by atoms with E-state index >= 15 is 0 Å². The lowest BCUT2D eigenvalue weighted by Crippen LogP contribution is -2.17. The molecule has 1 aliphatic rings. The minimum absolute atomic E-state index is 0.472. The molecule has 0 spiro atoms. The van der Waals surface area contributed by atoms with E-state index in [1.54, 1.807) is 11.1 Å². The molecule has 2 rings (SSSR count). The summed E-state index contributed by atoms with van der Waals surface area (Å²) in [7, 11) is 0. The van der Waals surface area contributed by atoms with Gasteiger partial charge in [-0.25, -0.2) is 0 Å². The maximum absolute atomic E-state index is 2.38. The first-order chi connectivity index (χ1) is 7.48. The minimum atomic E-state index is 0.472. The van der Waals surface area contributed by atoms with Gasteiger partial charge in [0, 0.05) is 0 Å². The van der Waals surface area contributed by atoms with Crippen molar-refractivity contribution in [3.05, 3.63) is 41.0 Å². The van der Waals surface area contributed by atoms with Crippen LogP contribution in [-0.4, -0.2) is 0 Å². The molecule has 86 valence electrons. The summed E-state index contributed by atoms with van der Waals surface area (Å²) in [5, 5.41) is 0. The molecule has 0 bridgehead atoms. The highest BCUT2D eigenvalue weighted by molar-refractivity contribution is 5.69. The van der Waals surface area contributed by atoms with Gasteiger partial charge in [-0.05, 0) is 49.7 Å². The van der Waals surface area contributed by atoms with Crippen molar-refractivity contribution in [3.8, 4) is 0 Å². The van der Waals surface area contributed by atoms with E-state index in [0.29, 0.717) is 5.41 Å². The predicted octanol–water partition coefficient (Wildman–Crippen LogP) is 4.98. The van der Waals surface area contributed by atoms with Gasteiger partial charge in [0.05, 0.1) is 0 Å². The summed E-state index contributed by atoms with van der Waals surface area (Å²) < 4.78 is 0. The van der Waals surface area contributed by atoms with Gasteiger partial charge in [-0.2, -0.15) is 0 Å². The van der Waals surface area contributed by atoms with Crippen LogP contribution in [0.4, 0.5) is 0 Å². The number of hydrogen-bond acceptors (Lipinski definition) is 0. The average molecular weight is 214 g/mol. The van der Waals surface area contributed by atoms with Gasteiger partial charge in [0.25, 0.3) is 0 Å². The molecule has 0 fully saturated rings. The first-order valence-corrected chi connectivity index (χ1v) is 6.24. The highest BCUT2D eigenvalue weighted by Gasteiger charge is 2.25. The number of rotatable bonds is 1. The van der Waals surface area contributed by atoms with Gasteiger partial charge in [0.1, 0.15) is 0 Å². The van der Waals surface area contributed by atoms with E-state index in [0.717, 1.165) is 0 Å². The molecule has 0 nitrogen and oxygen atoms in total. The van der Waals surface area contributed by atoms with Crippen molar-refractivity contribution in [2.45, 2.75) is 47.0 Å². The van der Waals surface area contributed by atoms with Gasteiger partial charge in [-0.15, -0.1) is 0 Å². The van der Waals surface area contributed by atoms with E-state index in [2.05, 4.69) is 52.0 Å². The zero-order valence-electron chi connectivity index (χ0n) is 10.9. The van der Waals surface area contributed by atoms with Crippen LogP contribution in [0.5, 0.6) is 0 Å². The van der Waals surface area contributed by atoms with E-state index in [9.17, 15) is 0 Å². The minimum Gasteiger partial charge on any atom is -0.0695 e. The zero-order chi connectivity index (χ0) is 11.8. The second-order valence-electron chi connectivity index (χ2n) is 5.97. The smallest absolute Gasteiger partial charge is 0.0222 e. The van der Waals surface area contributed by atoms with Crippen LogP contribution in [0, 0.1) is 12.3 Å². The molecule has 0 heteroatoms. The molecule has 0 N–H and O–H groups in total. The van der Waals surface area contributed by atoms with Gasteiger partial charge in [-0.3, -0.25) is 0 Å². The lowest BCUT2D eigenvalue weighted by atomic mass is 9.73. The SMILES string of the molecule is CC1=C(c2ccc(C)cc2)CC(C)(C)CC1. The molecule has 0 unspecified atom stereocenters. The van der Waals surface area contributed by atoms with Crippen molar-refractivity contribution >= 4 is 5.57 Å². The molecular weight excluding hydrogens is 192 g/mol. The number of allylic oxidation sites excluding steroid dienone is 2. The lowest BCUT2D eigenvalue weighted by Gasteiger charge is -2.32. The fourth-order valence-electron chi connectivity index (χ4n) is 2.50. The van der Waals surface area contributed by atoms with Crippen molar-refractivity contribution in [1.82, 2.24) is 0 Å². The monoisotopic (exact) mass is 214 g/mol. The molecule has 0 saturated carbocycles. The Morgan fingerprint density at radius 2 is 1.62 bits per heavy atom. The van der Waals surface area contributed by atoms with Gasteiger partial charge in [0.2, 0.25) is 0 Å². The third kappa shape index (κ3) is 2.37.